The van der Waals surface area contributed by atoms with E-state index in [1.54, 1.807) is 0 Å². The van der Waals surface area contributed by atoms with Crippen molar-refractivity contribution in [2.24, 2.45) is 11.1 Å². The number of primary amides is 1. The molecule has 2 N–H and O–H groups in total. The van der Waals surface area contributed by atoms with Gasteiger partial charge in [0.15, 0.2) is 0 Å². The summed E-state index contributed by atoms with van der Waals surface area (Å²) in [6.45, 7) is 4.89. The monoisotopic (exact) mass is 371 g/mol. The third kappa shape index (κ3) is 4.31. The van der Waals surface area contributed by atoms with Gasteiger partial charge in [-0.15, -0.1) is 0 Å². The molecule has 2 saturated heterocycles. The Morgan fingerprint density at radius 2 is 1.81 bits per heavy atom. The maximum absolute atomic E-state index is 12.9. The Kier molecular flexibility index (Phi) is 5.82. The molecule has 6 heteroatoms. The number of hydrogen-bond acceptors (Lipinski definition) is 3. The zero-order valence-corrected chi connectivity index (χ0v) is 16.0. The normalized spacial score (nSPS) is 22.1. The first-order valence-corrected chi connectivity index (χ1v) is 9.84. The Labute approximate surface area is 160 Å². The van der Waals surface area contributed by atoms with E-state index in [1.165, 1.54) is 0 Å². The minimum Gasteiger partial charge on any atom is -0.370 e. The molecule has 146 valence electrons. The molecule has 0 saturated carbocycles. The van der Waals surface area contributed by atoms with E-state index in [0.717, 1.165) is 31.4 Å². The number of likely N-dealkylation sites (tertiary alicyclic amines) is 2. The van der Waals surface area contributed by atoms with E-state index in [4.69, 9.17) is 5.73 Å². The Bertz CT molecular complexity index is 696. The van der Waals surface area contributed by atoms with E-state index in [1.807, 2.05) is 47.1 Å². The van der Waals surface area contributed by atoms with Gasteiger partial charge in [-0.2, -0.15) is 0 Å². The molecule has 0 radical (unpaired) electrons. The molecule has 6 nitrogen and oxygen atoms in total. The zero-order chi connectivity index (χ0) is 19.4. The smallest absolute Gasteiger partial charge is 0.230 e. The summed E-state index contributed by atoms with van der Waals surface area (Å²) < 4.78 is 0. The van der Waals surface area contributed by atoms with Crippen molar-refractivity contribution in [3.8, 4) is 0 Å². The van der Waals surface area contributed by atoms with E-state index in [9.17, 15) is 14.4 Å². The first-order chi connectivity index (χ1) is 12.9. The van der Waals surface area contributed by atoms with Crippen molar-refractivity contribution in [2.45, 2.75) is 44.9 Å². The first kappa shape index (κ1) is 19.4. The molecule has 2 aliphatic rings. The SMILES string of the molecule is CCN1CC2(CCN(C(=O)CCC(N)=O)CC2)C[C@H](c2ccccc2)C1=O. The lowest BCUT2D eigenvalue weighted by Crippen LogP contribution is -2.54. The zero-order valence-electron chi connectivity index (χ0n) is 16.0. The van der Waals surface area contributed by atoms with Gasteiger partial charge >= 0.3 is 0 Å². The topological polar surface area (TPSA) is 83.7 Å². The van der Waals surface area contributed by atoms with E-state index < -0.39 is 5.91 Å². The number of carbonyl (C=O) groups is 3. The van der Waals surface area contributed by atoms with Crippen LogP contribution in [0, 0.1) is 5.41 Å². The van der Waals surface area contributed by atoms with Gasteiger partial charge in [0.25, 0.3) is 0 Å². The van der Waals surface area contributed by atoms with Crippen molar-refractivity contribution in [3.05, 3.63) is 35.9 Å². The van der Waals surface area contributed by atoms with Gasteiger partial charge in [-0.3, -0.25) is 14.4 Å². The number of nitrogens with two attached hydrogens (primary N) is 1. The fraction of sp³-hybridized carbons (Fsp3) is 0.571. The summed E-state index contributed by atoms with van der Waals surface area (Å²) in [5.41, 5.74) is 6.29. The number of amides is 3. The van der Waals surface area contributed by atoms with Crippen LogP contribution >= 0.6 is 0 Å². The summed E-state index contributed by atoms with van der Waals surface area (Å²) in [7, 11) is 0. The number of benzene rings is 1. The highest BCUT2D eigenvalue weighted by atomic mass is 16.2. The molecule has 1 atom stereocenters. The summed E-state index contributed by atoms with van der Waals surface area (Å²) >= 11 is 0. The molecule has 0 unspecified atom stereocenters. The lowest BCUT2D eigenvalue weighted by atomic mass is 9.67. The van der Waals surface area contributed by atoms with E-state index in [0.29, 0.717) is 19.6 Å². The second kappa shape index (κ2) is 8.11. The van der Waals surface area contributed by atoms with E-state index in [2.05, 4.69) is 0 Å². The Balaban J connectivity index is 1.70. The highest BCUT2D eigenvalue weighted by Crippen LogP contribution is 2.45. The van der Waals surface area contributed by atoms with Crippen molar-refractivity contribution in [1.29, 1.82) is 0 Å². The summed E-state index contributed by atoms with van der Waals surface area (Å²) in [6, 6.07) is 10.0. The number of piperidine rings is 2. The first-order valence-electron chi connectivity index (χ1n) is 9.84. The van der Waals surface area contributed by atoms with Crippen molar-refractivity contribution in [1.82, 2.24) is 9.80 Å². The fourth-order valence-electron chi connectivity index (χ4n) is 4.48. The summed E-state index contributed by atoms with van der Waals surface area (Å²) in [6.07, 6.45) is 2.92. The van der Waals surface area contributed by atoms with Crippen LogP contribution in [0.1, 0.15) is 50.5 Å². The van der Waals surface area contributed by atoms with Gasteiger partial charge in [-0.25, -0.2) is 0 Å². The summed E-state index contributed by atoms with van der Waals surface area (Å²) in [5.74, 6) is -0.319. The Morgan fingerprint density at radius 3 is 2.41 bits per heavy atom. The second-order valence-corrected chi connectivity index (χ2v) is 7.87. The molecular weight excluding hydrogens is 342 g/mol. The van der Waals surface area contributed by atoms with Gasteiger partial charge in [0.05, 0.1) is 5.92 Å². The maximum atomic E-state index is 12.9. The minimum atomic E-state index is -0.438. The van der Waals surface area contributed by atoms with Gasteiger partial charge < -0.3 is 15.5 Å². The molecule has 1 spiro atoms. The summed E-state index contributed by atoms with van der Waals surface area (Å²) in [5, 5.41) is 0. The number of likely N-dealkylation sites (N-methyl/N-ethyl adjacent to an activating group) is 1. The van der Waals surface area contributed by atoms with Crippen molar-refractivity contribution < 1.29 is 14.4 Å². The average Bonchev–Trinajstić information content (AvgIpc) is 2.69. The molecule has 1 aromatic carbocycles. The standard InChI is InChI=1S/C21H29N3O3/c1-2-23-15-21(14-17(20(23)27)16-6-4-3-5-7-16)10-12-24(13-11-21)19(26)9-8-18(22)25/h3-7,17H,2,8-15H2,1H3,(H2,22,25)/t17-/m1/s1. The predicted molar refractivity (Wildman–Crippen MR) is 103 cm³/mol. The molecule has 2 aliphatic heterocycles. The van der Waals surface area contributed by atoms with Crippen LogP contribution in [-0.4, -0.2) is 53.7 Å². The second-order valence-electron chi connectivity index (χ2n) is 7.87. The predicted octanol–water partition coefficient (Wildman–Crippen LogP) is 1.90. The molecule has 27 heavy (non-hydrogen) atoms. The molecule has 0 bridgehead atoms. The minimum absolute atomic E-state index is 0.00231. The fourth-order valence-corrected chi connectivity index (χ4v) is 4.48. The lowest BCUT2D eigenvalue weighted by Gasteiger charge is -2.49. The van der Waals surface area contributed by atoms with E-state index >= 15 is 0 Å². The molecule has 3 amide bonds. The van der Waals surface area contributed by atoms with Crippen LogP contribution in [-0.2, 0) is 14.4 Å². The van der Waals surface area contributed by atoms with Crippen LogP contribution < -0.4 is 5.73 Å². The number of nitrogens with zero attached hydrogens (tertiary/aromatic N) is 2. The van der Waals surface area contributed by atoms with Crippen LogP contribution in [0.4, 0.5) is 0 Å². The van der Waals surface area contributed by atoms with Crippen molar-refractivity contribution in [3.63, 3.8) is 0 Å². The maximum Gasteiger partial charge on any atom is 0.230 e. The van der Waals surface area contributed by atoms with Crippen molar-refractivity contribution in [2.75, 3.05) is 26.2 Å². The molecule has 2 heterocycles. The average molecular weight is 371 g/mol. The third-order valence-corrected chi connectivity index (χ3v) is 6.12. The molecular formula is C21H29N3O3. The van der Waals surface area contributed by atoms with Gasteiger partial charge in [-0.1, -0.05) is 30.3 Å². The van der Waals surface area contributed by atoms with Crippen LogP contribution in [0.5, 0.6) is 0 Å². The molecule has 3 rings (SSSR count). The molecule has 1 aromatic rings. The Morgan fingerprint density at radius 1 is 1.15 bits per heavy atom. The molecule has 0 aromatic heterocycles. The number of hydrogen-bond donors (Lipinski definition) is 1. The van der Waals surface area contributed by atoms with Gasteiger partial charge in [0, 0.05) is 39.0 Å². The molecule has 2 fully saturated rings. The van der Waals surface area contributed by atoms with Crippen LogP contribution in [0.15, 0.2) is 30.3 Å². The quantitative estimate of drug-likeness (QED) is 0.858. The van der Waals surface area contributed by atoms with E-state index in [-0.39, 0.29) is 36.0 Å². The van der Waals surface area contributed by atoms with Crippen LogP contribution in [0.3, 0.4) is 0 Å². The van der Waals surface area contributed by atoms with Gasteiger partial charge in [0.2, 0.25) is 17.7 Å². The molecule has 0 aliphatic carbocycles. The van der Waals surface area contributed by atoms with Gasteiger partial charge in [-0.05, 0) is 37.2 Å². The number of carbonyl (C=O) groups excluding carboxylic acids is 3. The van der Waals surface area contributed by atoms with Gasteiger partial charge in [0.1, 0.15) is 0 Å². The highest BCUT2D eigenvalue weighted by Gasteiger charge is 2.46. The Hall–Kier alpha value is -2.37. The van der Waals surface area contributed by atoms with Crippen LogP contribution in [0.25, 0.3) is 0 Å². The van der Waals surface area contributed by atoms with Crippen molar-refractivity contribution >= 4 is 17.7 Å². The lowest BCUT2D eigenvalue weighted by molar-refractivity contribution is -0.144. The largest absolute Gasteiger partial charge is 0.370 e. The summed E-state index contributed by atoms with van der Waals surface area (Å²) in [4.78, 5) is 39.9. The number of rotatable bonds is 5. The third-order valence-electron chi connectivity index (χ3n) is 6.12. The highest BCUT2D eigenvalue weighted by molar-refractivity contribution is 5.85. The van der Waals surface area contributed by atoms with Crippen LogP contribution in [0.2, 0.25) is 0 Å².